The molecule has 0 aliphatic carbocycles. The predicted molar refractivity (Wildman–Crippen MR) is 78.1 cm³/mol. The molecule has 0 saturated carbocycles. The van der Waals surface area contributed by atoms with Crippen LogP contribution in [0.1, 0.15) is 38.2 Å². The maximum atomic E-state index is 5.91. The van der Waals surface area contributed by atoms with E-state index >= 15 is 0 Å². The lowest BCUT2D eigenvalue weighted by molar-refractivity contribution is 0.116. The highest BCUT2D eigenvalue weighted by atomic mass is 35.5. The van der Waals surface area contributed by atoms with Crippen LogP contribution in [0.4, 0.5) is 0 Å². The van der Waals surface area contributed by atoms with Crippen LogP contribution in [0, 0.1) is 0 Å². The average Bonchev–Trinajstić information content (AvgIpc) is 2.37. The van der Waals surface area contributed by atoms with E-state index in [4.69, 9.17) is 16.3 Å². The third-order valence-corrected chi connectivity index (χ3v) is 3.04. The van der Waals surface area contributed by atoms with Gasteiger partial charge in [-0.3, -0.25) is 0 Å². The third-order valence-electron chi connectivity index (χ3n) is 2.80. The zero-order valence-corrected chi connectivity index (χ0v) is 12.0. The van der Waals surface area contributed by atoms with Crippen molar-refractivity contribution in [2.75, 3.05) is 19.7 Å². The highest BCUT2D eigenvalue weighted by Crippen LogP contribution is 2.11. The molecule has 0 radical (unpaired) electrons. The Morgan fingerprint density at radius 1 is 1.17 bits per heavy atom. The fourth-order valence-electron chi connectivity index (χ4n) is 1.80. The van der Waals surface area contributed by atoms with Crippen molar-refractivity contribution in [1.29, 1.82) is 0 Å². The van der Waals surface area contributed by atoms with Gasteiger partial charge in [0.1, 0.15) is 0 Å². The summed E-state index contributed by atoms with van der Waals surface area (Å²) in [5.74, 6) is 0. The van der Waals surface area contributed by atoms with E-state index in [1.54, 1.807) is 0 Å². The number of hydrogen-bond donors (Lipinski definition) is 1. The van der Waals surface area contributed by atoms with Crippen LogP contribution in [0.25, 0.3) is 0 Å². The lowest BCUT2D eigenvalue weighted by Gasteiger charge is -2.05. The number of benzene rings is 1. The molecule has 0 amide bonds. The largest absolute Gasteiger partial charge is 0.377 e. The molecule has 1 rings (SSSR count). The molecule has 18 heavy (non-hydrogen) atoms. The molecule has 0 unspecified atom stereocenters. The van der Waals surface area contributed by atoms with Gasteiger partial charge in [-0.05, 0) is 43.6 Å². The van der Waals surface area contributed by atoms with Crippen LogP contribution < -0.4 is 5.32 Å². The van der Waals surface area contributed by atoms with E-state index in [0.29, 0.717) is 6.61 Å². The molecule has 0 aromatic heterocycles. The maximum absolute atomic E-state index is 5.91. The molecular formula is C15H24ClNO. The first kappa shape index (κ1) is 15.5. The van der Waals surface area contributed by atoms with Crippen LogP contribution in [-0.2, 0) is 11.3 Å². The van der Waals surface area contributed by atoms with Gasteiger partial charge in [0, 0.05) is 11.6 Å². The van der Waals surface area contributed by atoms with Crippen molar-refractivity contribution in [2.45, 2.75) is 39.2 Å². The van der Waals surface area contributed by atoms with Crippen molar-refractivity contribution in [3.05, 3.63) is 34.9 Å². The Morgan fingerprint density at radius 2 is 2.00 bits per heavy atom. The van der Waals surface area contributed by atoms with Gasteiger partial charge < -0.3 is 10.1 Å². The Morgan fingerprint density at radius 3 is 2.78 bits per heavy atom. The molecular weight excluding hydrogens is 246 g/mol. The maximum Gasteiger partial charge on any atom is 0.0717 e. The molecule has 2 nitrogen and oxygen atoms in total. The standard InChI is InChI=1S/C15H24ClNO/c1-2-17-10-5-3-4-6-11-18-13-14-8-7-9-15(16)12-14/h7-9,12,17H,2-6,10-11,13H2,1H3. The van der Waals surface area contributed by atoms with Crippen molar-refractivity contribution < 1.29 is 4.74 Å². The first-order valence-corrected chi connectivity index (χ1v) is 7.23. The summed E-state index contributed by atoms with van der Waals surface area (Å²) < 4.78 is 5.63. The molecule has 102 valence electrons. The van der Waals surface area contributed by atoms with Crippen LogP contribution >= 0.6 is 11.6 Å². The summed E-state index contributed by atoms with van der Waals surface area (Å²) in [5.41, 5.74) is 1.15. The van der Waals surface area contributed by atoms with Crippen LogP contribution in [-0.4, -0.2) is 19.7 Å². The summed E-state index contributed by atoms with van der Waals surface area (Å²) in [4.78, 5) is 0. The van der Waals surface area contributed by atoms with Crippen LogP contribution in [0.15, 0.2) is 24.3 Å². The Hall–Kier alpha value is -0.570. The summed E-state index contributed by atoms with van der Waals surface area (Å²) >= 11 is 5.91. The Balaban J connectivity index is 1.92. The van der Waals surface area contributed by atoms with Crippen LogP contribution in [0.5, 0.6) is 0 Å². The Bertz CT molecular complexity index is 317. The molecule has 0 aliphatic heterocycles. The van der Waals surface area contributed by atoms with Gasteiger partial charge >= 0.3 is 0 Å². The lowest BCUT2D eigenvalue weighted by atomic mass is 10.2. The number of unbranched alkanes of at least 4 members (excludes halogenated alkanes) is 3. The molecule has 3 heteroatoms. The zero-order chi connectivity index (χ0) is 13.1. The molecule has 1 aromatic rings. The average molecular weight is 270 g/mol. The van der Waals surface area contributed by atoms with E-state index in [2.05, 4.69) is 12.2 Å². The molecule has 0 heterocycles. The van der Waals surface area contributed by atoms with Crippen LogP contribution in [0.2, 0.25) is 5.02 Å². The highest BCUT2D eigenvalue weighted by Gasteiger charge is 1.95. The van der Waals surface area contributed by atoms with E-state index in [1.165, 1.54) is 19.3 Å². The highest BCUT2D eigenvalue weighted by molar-refractivity contribution is 6.30. The first-order chi connectivity index (χ1) is 8.83. The van der Waals surface area contributed by atoms with Crippen molar-refractivity contribution in [3.63, 3.8) is 0 Å². The summed E-state index contributed by atoms with van der Waals surface area (Å²) in [6.07, 6.45) is 4.95. The molecule has 0 spiro atoms. The Kier molecular flexibility index (Phi) is 8.92. The number of hydrogen-bond acceptors (Lipinski definition) is 2. The van der Waals surface area contributed by atoms with Gasteiger partial charge in [-0.2, -0.15) is 0 Å². The number of halogens is 1. The van der Waals surface area contributed by atoms with Crippen molar-refractivity contribution in [1.82, 2.24) is 5.32 Å². The zero-order valence-electron chi connectivity index (χ0n) is 11.3. The van der Waals surface area contributed by atoms with Crippen molar-refractivity contribution in [3.8, 4) is 0 Å². The lowest BCUT2D eigenvalue weighted by Crippen LogP contribution is -2.13. The summed E-state index contributed by atoms with van der Waals surface area (Å²) in [5, 5.41) is 4.11. The molecule has 1 aromatic carbocycles. The smallest absolute Gasteiger partial charge is 0.0717 e. The molecule has 0 bridgehead atoms. The van der Waals surface area contributed by atoms with Gasteiger partial charge in [0.2, 0.25) is 0 Å². The van der Waals surface area contributed by atoms with Gasteiger partial charge in [0.15, 0.2) is 0 Å². The van der Waals surface area contributed by atoms with Gasteiger partial charge in [0.25, 0.3) is 0 Å². The second-order valence-electron chi connectivity index (χ2n) is 4.45. The minimum Gasteiger partial charge on any atom is -0.377 e. The minimum absolute atomic E-state index is 0.665. The monoisotopic (exact) mass is 269 g/mol. The van der Waals surface area contributed by atoms with Crippen LogP contribution in [0.3, 0.4) is 0 Å². The summed E-state index contributed by atoms with van der Waals surface area (Å²) in [6, 6.07) is 7.84. The molecule has 0 atom stereocenters. The Labute approximate surface area is 116 Å². The number of nitrogens with one attached hydrogen (secondary N) is 1. The first-order valence-electron chi connectivity index (χ1n) is 6.86. The number of rotatable bonds is 10. The summed E-state index contributed by atoms with van der Waals surface area (Å²) in [6.45, 7) is 5.86. The summed E-state index contributed by atoms with van der Waals surface area (Å²) in [7, 11) is 0. The van der Waals surface area contributed by atoms with Gasteiger partial charge in [-0.15, -0.1) is 0 Å². The van der Waals surface area contributed by atoms with E-state index < -0.39 is 0 Å². The molecule has 0 aliphatic rings. The molecule has 1 N–H and O–H groups in total. The minimum atomic E-state index is 0.665. The van der Waals surface area contributed by atoms with Crippen molar-refractivity contribution >= 4 is 11.6 Å². The van der Waals surface area contributed by atoms with E-state index in [0.717, 1.165) is 36.7 Å². The van der Waals surface area contributed by atoms with Crippen molar-refractivity contribution in [2.24, 2.45) is 0 Å². The fourth-order valence-corrected chi connectivity index (χ4v) is 2.01. The second kappa shape index (κ2) is 10.4. The predicted octanol–water partition coefficient (Wildman–Crippen LogP) is 4.03. The topological polar surface area (TPSA) is 21.3 Å². The third kappa shape index (κ3) is 7.70. The fraction of sp³-hybridized carbons (Fsp3) is 0.600. The molecule has 0 fully saturated rings. The second-order valence-corrected chi connectivity index (χ2v) is 4.89. The van der Waals surface area contributed by atoms with Gasteiger partial charge in [0.05, 0.1) is 6.61 Å². The molecule has 0 saturated heterocycles. The van der Waals surface area contributed by atoms with Gasteiger partial charge in [-0.1, -0.05) is 43.5 Å². The normalized spacial score (nSPS) is 10.8. The van der Waals surface area contributed by atoms with Gasteiger partial charge in [-0.25, -0.2) is 0 Å². The van der Waals surface area contributed by atoms with E-state index in [9.17, 15) is 0 Å². The SMILES string of the molecule is CCNCCCCCCOCc1cccc(Cl)c1. The van der Waals surface area contributed by atoms with E-state index in [1.807, 2.05) is 24.3 Å². The number of ether oxygens (including phenoxy) is 1. The quantitative estimate of drug-likeness (QED) is 0.648. The van der Waals surface area contributed by atoms with E-state index in [-0.39, 0.29) is 0 Å².